The zero-order chi connectivity index (χ0) is 19.8. The molecular weight excluding hydrogens is 360 g/mol. The van der Waals surface area contributed by atoms with Gasteiger partial charge in [0, 0.05) is 18.7 Å². The lowest BCUT2D eigenvalue weighted by Crippen LogP contribution is -2.45. The van der Waals surface area contributed by atoms with Crippen LogP contribution in [0.1, 0.15) is 18.9 Å². The minimum absolute atomic E-state index is 0.0740. The fraction of sp³-hybridized carbons (Fsp3) is 0.350. The summed E-state index contributed by atoms with van der Waals surface area (Å²) < 4.78 is 11.7. The molecule has 1 aliphatic heterocycles. The van der Waals surface area contributed by atoms with Crippen molar-refractivity contribution in [1.29, 1.82) is 0 Å². The van der Waals surface area contributed by atoms with Gasteiger partial charge in [0.05, 0.1) is 18.0 Å². The van der Waals surface area contributed by atoms with E-state index in [2.05, 4.69) is 22.5 Å². The van der Waals surface area contributed by atoms with Gasteiger partial charge in [0.25, 0.3) is 5.69 Å². The van der Waals surface area contributed by atoms with Crippen molar-refractivity contribution in [3.63, 3.8) is 0 Å². The van der Waals surface area contributed by atoms with Gasteiger partial charge in [-0.25, -0.2) is 4.99 Å². The van der Waals surface area contributed by atoms with Gasteiger partial charge in [-0.15, -0.1) is 0 Å². The molecule has 8 heteroatoms. The standard InChI is InChI=1S/C20H24N4O4/c1-2-11-21-20(22-12-15-7-9-16(10-8-15)24(25)26)23-13-17-14-27-18-5-3-4-6-19(18)28-17/h3-10,17H,2,11-14H2,1H3,(H2,21,22,23). The summed E-state index contributed by atoms with van der Waals surface area (Å²) >= 11 is 0. The van der Waals surface area contributed by atoms with Gasteiger partial charge in [0.1, 0.15) is 12.7 Å². The first kappa shape index (κ1) is 19.5. The number of hydrogen-bond donors (Lipinski definition) is 2. The van der Waals surface area contributed by atoms with Crippen molar-refractivity contribution in [3.8, 4) is 11.5 Å². The number of nitro groups is 1. The van der Waals surface area contributed by atoms with Gasteiger partial charge in [0.2, 0.25) is 0 Å². The van der Waals surface area contributed by atoms with Gasteiger partial charge in [-0.1, -0.05) is 31.2 Å². The average molecular weight is 384 g/mol. The van der Waals surface area contributed by atoms with E-state index in [1.165, 1.54) is 12.1 Å². The van der Waals surface area contributed by atoms with Crippen LogP contribution in [-0.2, 0) is 6.54 Å². The number of fused-ring (bicyclic) bond motifs is 1. The van der Waals surface area contributed by atoms with Crippen LogP contribution in [-0.4, -0.2) is 36.7 Å². The summed E-state index contributed by atoms with van der Waals surface area (Å²) in [6.07, 6.45) is 0.845. The molecule has 2 aromatic carbocycles. The second kappa shape index (κ2) is 9.59. The lowest BCUT2D eigenvalue weighted by atomic mass is 10.2. The predicted octanol–water partition coefficient (Wildman–Crippen LogP) is 2.88. The highest BCUT2D eigenvalue weighted by Gasteiger charge is 2.20. The Balaban J connectivity index is 1.57. The van der Waals surface area contributed by atoms with E-state index in [0.717, 1.165) is 30.0 Å². The fourth-order valence-electron chi connectivity index (χ4n) is 2.69. The number of para-hydroxylation sites is 2. The summed E-state index contributed by atoms with van der Waals surface area (Å²) in [6, 6.07) is 14.0. The quantitative estimate of drug-likeness (QED) is 0.330. The number of ether oxygens (including phenoxy) is 2. The molecule has 28 heavy (non-hydrogen) atoms. The van der Waals surface area contributed by atoms with Crippen molar-refractivity contribution in [2.24, 2.45) is 4.99 Å². The van der Waals surface area contributed by atoms with E-state index in [1.54, 1.807) is 12.1 Å². The lowest BCUT2D eigenvalue weighted by molar-refractivity contribution is -0.384. The molecule has 0 saturated heterocycles. The fourth-order valence-corrected chi connectivity index (χ4v) is 2.69. The first-order valence-corrected chi connectivity index (χ1v) is 9.29. The minimum Gasteiger partial charge on any atom is -0.486 e. The van der Waals surface area contributed by atoms with E-state index in [0.29, 0.717) is 25.7 Å². The van der Waals surface area contributed by atoms with Crippen LogP contribution in [0.15, 0.2) is 53.5 Å². The smallest absolute Gasteiger partial charge is 0.269 e. The first-order valence-electron chi connectivity index (χ1n) is 9.29. The molecule has 148 valence electrons. The van der Waals surface area contributed by atoms with Gasteiger partial charge in [-0.2, -0.15) is 0 Å². The normalized spacial score (nSPS) is 15.8. The molecular formula is C20H24N4O4. The molecule has 1 atom stereocenters. The Hall–Kier alpha value is -3.29. The van der Waals surface area contributed by atoms with Crippen LogP contribution in [0.5, 0.6) is 11.5 Å². The first-order chi connectivity index (χ1) is 13.7. The van der Waals surface area contributed by atoms with Crippen LogP contribution in [0.25, 0.3) is 0 Å². The molecule has 3 rings (SSSR count). The van der Waals surface area contributed by atoms with E-state index in [-0.39, 0.29) is 11.8 Å². The topological polar surface area (TPSA) is 98.0 Å². The number of guanidine groups is 1. The number of aliphatic imine (C=N–C) groups is 1. The molecule has 1 aliphatic rings. The molecule has 0 aromatic heterocycles. The largest absolute Gasteiger partial charge is 0.486 e. The molecule has 0 saturated carbocycles. The molecule has 0 bridgehead atoms. The summed E-state index contributed by atoms with van der Waals surface area (Å²) in [6.45, 7) is 4.30. The zero-order valence-corrected chi connectivity index (χ0v) is 15.8. The Kier molecular flexibility index (Phi) is 6.67. The maximum atomic E-state index is 10.7. The third-order valence-corrected chi connectivity index (χ3v) is 4.17. The Labute approximate surface area is 163 Å². The second-order valence-corrected chi connectivity index (χ2v) is 6.39. The van der Waals surface area contributed by atoms with E-state index < -0.39 is 4.92 Å². The van der Waals surface area contributed by atoms with Crippen LogP contribution in [0, 0.1) is 10.1 Å². The number of rotatable bonds is 7. The molecule has 0 aliphatic carbocycles. The second-order valence-electron chi connectivity index (χ2n) is 6.39. The van der Waals surface area contributed by atoms with Crippen molar-refractivity contribution in [3.05, 3.63) is 64.2 Å². The summed E-state index contributed by atoms with van der Waals surface area (Å²) in [4.78, 5) is 14.9. The third kappa shape index (κ3) is 5.35. The molecule has 1 heterocycles. The Morgan fingerprint density at radius 2 is 1.93 bits per heavy atom. The van der Waals surface area contributed by atoms with Gasteiger partial charge in [0.15, 0.2) is 17.5 Å². The number of nitrogens with one attached hydrogen (secondary N) is 2. The molecule has 1 unspecified atom stereocenters. The Morgan fingerprint density at radius 3 is 2.64 bits per heavy atom. The minimum atomic E-state index is -0.409. The number of benzene rings is 2. The predicted molar refractivity (Wildman–Crippen MR) is 107 cm³/mol. The van der Waals surface area contributed by atoms with Gasteiger partial charge in [-0.05, 0) is 24.1 Å². The molecule has 2 aromatic rings. The summed E-state index contributed by atoms with van der Waals surface area (Å²) in [7, 11) is 0. The zero-order valence-electron chi connectivity index (χ0n) is 15.8. The maximum absolute atomic E-state index is 10.7. The highest BCUT2D eigenvalue weighted by atomic mass is 16.6. The number of non-ortho nitro benzene ring substituents is 1. The Morgan fingerprint density at radius 1 is 1.18 bits per heavy atom. The van der Waals surface area contributed by atoms with Crippen molar-refractivity contribution >= 4 is 11.6 Å². The monoisotopic (exact) mass is 384 g/mol. The van der Waals surface area contributed by atoms with Crippen molar-refractivity contribution in [2.45, 2.75) is 26.0 Å². The molecule has 8 nitrogen and oxygen atoms in total. The molecule has 2 N–H and O–H groups in total. The SMILES string of the molecule is CCCNC(=NCc1ccc([N+](=O)[O-])cc1)NCC1COc2ccccc2O1. The van der Waals surface area contributed by atoms with Crippen molar-refractivity contribution < 1.29 is 14.4 Å². The summed E-state index contributed by atoms with van der Waals surface area (Å²) in [5.41, 5.74) is 0.972. The summed E-state index contributed by atoms with van der Waals surface area (Å²) in [5, 5.41) is 17.3. The highest BCUT2D eigenvalue weighted by molar-refractivity contribution is 5.79. The molecule has 0 fully saturated rings. The summed E-state index contributed by atoms with van der Waals surface area (Å²) in [5.74, 6) is 2.17. The number of hydrogen-bond acceptors (Lipinski definition) is 5. The number of nitro benzene ring substituents is 1. The van der Waals surface area contributed by atoms with Gasteiger partial charge < -0.3 is 20.1 Å². The molecule has 0 radical (unpaired) electrons. The van der Waals surface area contributed by atoms with Crippen LogP contribution in [0.3, 0.4) is 0 Å². The van der Waals surface area contributed by atoms with E-state index in [1.807, 2.05) is 24.3 Å². The van der Waals surface area contributed by atoms with E-state index in [9.17, 15) is 10.1 Å². The van der Waals surface area contributed by atoms with Gasteiger partial charge in [-0.3, -0.25) is 10.1 Å². The van der Waals surface area contributed by atoms with Crippen molar-refractivity contribution in [1.82, 2.24) is 10.6 Å². The lowest BCUT2D eigenvalue weighted by Gasteiger charge is -2.27. The number of nitrogens with zero attached hydrogens (tertiary/aromatic N) is 2. The maximum Gasteiger partial charge on any atom is 0.269 e. The van der Waals surface area contributed by atoms with Crippen LogP contribution >= 0.6 is 0 Å². The van der Waals surface area contributed by atoms with Crippen LogP contribution in [0.2, 0.25) is 0 Å². The third-order valence-electron chi connectivity index (χ3n) is 4.17. The van der Waals surface area contributed by atoms with Crippen molar-refractivity contribution in [2.75, 3.05) is 19.7 Å². The molecule has 0 amide bonds. The average Bonchev–Trinajstić information content (AvgIpc) is 2.73. The highest BCUT2D eigenvalue weighted by Crippen LogP contribution is 2.30. The van der Waals surface area contributed by atoms with E-state index >= 15 is 0 Å². The Bertz CT molecular complexity index is 823. The van der Waals surface area contributed by atoms with E-state index in [4.69, 9.17) is 9.47 Å². The van der Waals surface area contributed by atoms with Crippen LogP contribution in [0.4, 0.5) is 5.69 Å². The molecule has 0 spiro atoms. The van der Waals surface area contributed by atoms with Gasteiger partial charge >= 0.3 is 0 Å². The van der Waals surface area contributed by atoms with Crippen LogP contribution < -0.4 is 20.1 Å².